The van der Waals surface area contributed by atoms with Crippen molar-refractivity contribution in [1.29, 1.82) is 5.26 Å². The standard InChI is InChI=1S/C13H15BrN2O/c1-9(2)13(17)7-16(8-13)12-4-3-11(14)5-10(12)6-15/h3-5,9,17H,7-8H2,1-2H3. The van der Waals surface area contributed by atoms with Gasteiger partial charge in [0.15, 0.2) is 0 Å². The maximum Gasteiger partial charge on any atom is 0.102 e. The summed E-state index contributed by atoms with van der Waals surface area (Å²) < 4.78 is 0.900. The Morgan fingerprint density at radius 2 is 2.12 bits per heavy atom. The van der Waals surface area contributed by atoms with Crippen LogP contribution in [-0.2, 0) is 0 Å². The fraction of sp³-hybridized carbons (Fsp3) is 0.462. The molecule has 0 bridgehead atoms. The molecule has 90 valence electrons. The zero-order valence-electron chi connectivity index (χ0n) is 9.94. The number of anilines is 1. The van der Waals surface area contributed by atoms with Crippen molar-refractivity contribution in [1.82, 2.24) is 0 Å². The highest BCUT2D eigenvalue weighted by atomic mass is 79.9. The van der Waals surface area contributed by atoms with E-state index in [2.05, 4.69) is 22.0 Å². The van der Waals surface area contributed by atoms with E-state index in [1.54, 1.807) is 0 Å². The van der Waals surface area contributed by atoms with Crippen molar-refractivity contribution in [2.75, 3.05) is 18.0 Å². The molecular weight excluding hydrogens is 280 g/mol. The molecule has 0 spiro atoms. The molecular formula is C13H15BrN2O. The SMILES string of the molecule is CC(C)C1(O)CN(c2ccc(Br)cc2C#N)C1. The van der Waals surface area contributed by atoms with E-state index in [0.717, 1.165) is 10.2 Å². The minimum Gasteiger partial charge on any atom is -0.386 e. The first-order chi connectivity index (χ1) is 7.96. The molecule has 17 heavy (non-hydrogen) atoms. The number of hydrogen-bond donors (Lipinski definition) is 1. The van der Waals surface area contributed by atoms with Crippen LogP contribution in [0.3, 0.4) is 0 Å². The topological polar surface area (TPSA) is 47.3 Å². The van der Waals surface area contributed by atoms with E-state index in [0.29, 0.717) is 18.7 Å². The lowest BCUT2D eigenvalue weighted by Gasteiger charge is -2.50. The smallest absolute Gasteiger partial charge is 0.102 e. The van der Waals surface area contributed by atoms with Gasteiger partial charge in [-0.05, 0) is 24.1 Å². The summed E-state index contributed by atoms with van der Waals surface area (Å²) in [7, 11) is 0. The van der Waals surface area contributed by atoms with Crippen molar-refractivity contribution >= 4 is 21.6 Å². The van der Waals surface area contributed by atoms with E-state index in [-0.39, 0.29) is 5.92 Å². The van der Waals surface area contributed by atoms with E-state index in [9.17, 15) is 5.11 Å². The Kier molecular flexibility index (Phi) is 3.15. The van der Waals surface area contributed by atoms with Gasteiger partial charge in [-0.1, -0.05) is 29.8 Å². The van der Waals surface area contributed by atoms with Gasteiger partial charge >= 0.3 is 0 Å². The first-order valence-electron chi connectivity index (χ1n) is 5.63. The van der Waals surface area contributed by atoms with Crippen LogP contribution in [0.15, 0.2) is 22.7 Å². The largest absolute Gasteiger partial charge is 0.386 e. The molecule has 1 aromatic carbocycles. The molecule has 0 atom stereocenters. The number of β-amino-alcohol motifs (C(OH)–C–C–N with tert-alkyl or cyclic N) is 1. The van der Waals surface area contributed by atoms with Crippen LogP contribution in [0.25, 0.3) is 0 Å². The van der Waals surface area contributed by atoms with Crippen molar-refractivity contribution in [3.05, 3.63) is 28.2 Å². The summed E-state index contributed by atoms with van der Waals surface area (Å²) >= 11 is 3.35. The van der Waals surface area contributed by atoms with Crippen LogP contribution in [0.1, 0.15) is 19.4 Å². The molecule has 3 nitrogen and oxygen atoms in total. The maximum absolute atomic E-state index is 10.2. The molecule has 0 saturated carbocycles. The molecule has 0 amide bonds. The van der Waals surface area contributed by atoms with Crippen LogP contribution in [0.5, 0.6) is 0 Å². The van der Waals surface area contributed by atoms with Crippen molar-refractivity contribution < 1.29 is 5.11 Å². The minimum atomic E-state index is -0.611. The summed E-state index contributed by atoms with van der Waals surface area (Å²) in [6.07, 6.45) is 0. The van der Waals surface area contributed by atoms with E-state index in [4.69, 9.17) is 5.26 Å². The average Bonchev–Trinajstić information content (AvgIpc) is 2.24. The number of nitriles is 1. The summed E-state index contributed by atoms with van der Waals surface area (Å²) in [6, 6.07) is 7.84. The third-order valence-electron chi connectivity index (χ3n) is 3.42. The summed E-state index contributed by atoms with van der Waals surface area (Å²) in [5.74, 6) is 0.236. The van der Waals surface area contributed by atoms with Gasteiger partial charge in [0.1, 0.15) is 11.7 Å². The second kappa shape index (κ2) is 4.32. The number of nitrogens with zero attached hydrogens (tertiary/aromatic N) is 2. The third-order valence-corrected chi connectivity index (χ3v) is 3.92. The zero-order chi connectivity index (χ0) is 12.6. The molecule has 0 unspecified atom stereocenters. The van der Waals surface area contributed by atoms with Crippen molar-refractivity contribution in [3.8, 4) is 6.07 Å². The van der Waals surface area contributed by atoms with Crippen molar-refractivity contribution in [2.24, 2.45) is 5.92 Å². The molecule has 1 aliphatic rings. The number of aliphatic hydroxyl groups is 1. The lowest BCUT2D eigenvalue weighted by atomic mass is 9.82. The Hall–Kier alpha value is -1.05. The molecule has 0 radical (unpaired) electrons. The fourth-order valence-corrected chi connectivity index (χ4v) is 2.38. The molecule has 0 aromatic heterocycles. The van der Waals surface area contributed by atoms with Gasteiger partial charge < -0.3 is 10.0 Å². The van der Waals surface area contributed by atoms with Gasteiger partial charge in [0, 0.05) is 17.6 Å². The Morgan fingerprint density at radius 3 is 2.65 bits per heavy atom. The minimum absolute atomic E-state index is 0.236. The quantitative estimate of drug-likeness (QED) is 0.912. The number of hydrogen-bond acceptors (Lipinski definition) is 3. The Balaban J connectivity index is 2.20. The first kappa shape index (κ1) is 12.4. The highest BCUT2D eigenvalue weighted by Gasteiger charge is 2.44. The number of halogens is 1. The van der Waals surface area contributed by atoms with Crippen molar-refractivity contribution in [3.63, 3.8) is 0 Å². The Bertz CT molecular complexity index is 473. The second-order valence-electron chi connectivity index (χ2n) is 4.89. The summed E-state index contributed by atoms with van der Waals surface area (Å²) in [5.41, 5.74) is 0.936. The van der Waals surface area contributed by atoms with Crippen LogP contribution in [-0.4, -0.2) is 23.8 Å². The molecule has 1 saturated heterocycles. The van der Waals surface area contributed by atoms with Gasteiger partial charge in [0.2, 0.25) is 0 Å². The number of benzene rings is 1. The van der Waals surface area contributed by atoms with Crippen LogP contribution in [0.4, 0.5) is 5.69 Å². The van der Waals surface area contributed by atoms with Gasteiger partial charge in [0.05, 0.1) is 11.3 Å². The van der Waals surface area contributed by atoms with Crippen LogP contribution in [0.2, 0.25) is 0 Å². The second-order valence-corrected chi connectivity index (χ2v) is 5.80. The van der Waals surface area contributed by atoms with Crippen LogP contribution >= 0.6 is 15.9 Å². The molecule has 0 aliphatic carbocycles. The Morgan fingerprint density at radius 1 is 1.47 bits per heavy atom. The zero-order valence-corrected chi connectivity index (χ0v) is 11.5. The van der Waals surface area contributed by atoms with Crippen LogP contribution in [0, 0.1) is 17.2 Å². The highest BCUT2D eigenvalue weighted by Crippen LogP contribution is 2.35. The lowest BCUT2D eigenvalue weighted by Crippen LogP contribution is -2.64. The predicted octanol–water partition coefficient (Wildman–Crippen LogP) is 2.53. The molecule has 1 aromatic rings. The normalized spacial score (nSPS) is 17.8. The van der Waals surface area contributed by atoms with Crippen molar-refractivity contribution in [2.45, 2.75) is 19.4 Å². The van der Waals surface area contributed by atoms with Crippen LogP contribution < -0.4 is 4.90 Å². The summed E-state index contributed by atoms with van der Waals surface area (Å²) in [6.45, 7) is 5.23. The molecule has 1 fully saturated rings. The molecule has 2 rings (SSSR count). The summed E-state index contributed by atoms with van der Waals surface area (Å²) in [4.78, 5) is 2.05. The van der Waals surface area contributed by atoms with Gasteiger partial charge in [0.25, 0.3) is 0 Å². The van der Waals surface area contributed by atoms with Gasteiger partial charge in [-0.3, -0.25) is 0 Å². The fourth-order valence-electron chi connectivity index (χ4n) is 2.02. The maximum atomic E-state index is 10.2. The lowest BCUT2D eigenvalue weighted by molar-refractivity contribution is -0.0300. The molecule has 4 heteroatoms. The molecule has 1 N–H and O–H groups in total. The van der Waals surface area contributed by atoms with E-state index in [1.807, 2.05) is 36.9 Å². The summed E-state index contributed by atoms with van der Waals surface area (Å²) in [5, 5.41) is 19.3. The Labute approximate surface area is 110 Å². The predicted molar refractivity (Wildman–Crippen MR) is 70.9 cm³/mol. The average molecular weight is 295 g/mol. The molecule has 1 aliphatic heterocycles. The van der Waals surface area contributed by atoms with Gasteiger partial charge in [-0.25, -0.2) is 0 Å². The first-order valence-corrected chi connectivity index (χ1v) is 6.42. The third kappa shape index (κ3) is 2.18. The van der Waals surface area contributed by atoms with E-state index >= 15 is 0 Å². The highest BCUT2D eigenvalue weighted by molar-refractivity contribution is 9.10. The monoisotopic (exact) mass is 294 g/mol. The van der Waals surface area contributed by atoms with Gasteiger partial charge in [-0.15, -0.1) is 0 Å². The molecule has 1 heterocycles. The van der Waals surface area contributed by atoms with E-state index in [1.165, 1.54) is 0 Å². The van der Waals surface area contributed by atoms with E-state index < -0.39 is 5.60 Å². The number of rotatable bonds is 2. The van der Waals surface area contributed by atoms with Gasteiger partial charge in [-0.2, -0.15) is 5.26 Å².